The molecule has 1 aromatic heterocycles. The molecule has 3 nitrogen and oxygen atoms in total. The van der Waals surface area contributed by atoms with Crippen LogP contribution in [-0.2, 0) is 0 Å². The van der Waals surface area contributed by atoms with Gasteiger partial charge in [-0.3, -0.25) is 4.79 Å². The van der Waals surface area contributed by atoms with Crippen LogP contribution in [0.25, 0.3) is 0 Å². The molecule has 1 heterocycles. The molecule has 106 valence electrons. The number of nitrogens with two attached hydrogens (primary N) is 1. The highest BCUT2D eigenvalue weighted by Crippen LogP contribution is 2.25. The summed E-state index contributed by atoms with van der Waals surface area (Å²) in [4.78, 5) is 13.5. The van der Waals surface area contributed by atoms with E-state index in [2.05, 4.69) is 34.2 Å². The van der Waals surface area contributed by atoms with Gasteiger partial charge in [0.05, 0.1) is 11.6 Å². The van der Waals surface area contributed by atoms with E-state index < -0.39 is 0 Å². The molecule has 2 aromatic rings. The molecule has 1 atom stereocenters. The zero-order chi connectivity index (χ0) is 14.5. The van der Waals surface area contributed by atoms with E-state index in [9.17, 15) is 4.79 Å². The molecule has 1 unspecified atom stereocenters. The van der Waals surface area contributed by atoms with Gasteiger partial charge in [-0.25, -0.2) is 0 Å². The van der Waals surface area contributed by atoms with Gasteiger partial charge in [-0.2, -0.15) is 0 Å². The minimum atomic E-state index is -0.123. The lowest BCUT2D eigenvalue weighted by Gasteiger charge is -2.17. The van der Waals surface area contributed by atoms with Crippen LogP contribution in [0.1, 0.15) is 41.0 Å². The van der Waals surface area contributed by atoms with E-state index in [4.69, 9.17) is 5.73 Å². The van der Waals surface area contributed by atoms with Crippen molar-refractivity contribution >= 4 is 38.9 Å². The van der Waals surface area contributed by atoms with E-state index in [1.807, 2.05) is 17.5 Å². The van der Waals surface area contributed by atoms with E-state index in [1.165, 1.54) is 4.88 Å². The van der Waals surface area contributed by atoms with Crippen molar-refractivity contribution in [2.24, 2.45) is 0 Å². The first-order valence-electron chi connectivity index (χ1n) is 6.51. The fourth-order valence-corrected chi connectivity index (χ4v) is 3.23. The molecule has 0 saturated heterocycles. The summed E-state index contributed by atoms with van der Waals surface area (Å²) in [6, 6.07) is 9.42. The first kappa shape index (κ1) is 15.1. The van der Waals surface area contributed by atoms with Crippen LogP contribution in [0.3, 0.4) is 0 Å². The maximum Gasteiger partial charge on any atom is 0.253 e. The maximum atomic E-state index is 12.4. The number of amides is 1. The van der Waals surface area contributed by atoms with Crippen molar-refractivity contribution in [1.29, 1.82) is 0 Å². The lowest BCUT2D eigenvalue weighted by Crippen LogP contribution is -2.28. The normalized spacial score (nSPS) is 12.1. The highest BCUT2D eigenvalue weighted by molar-refractivity contribution is 9.10. The molecule has 1 amide bonds. The molecule has 3 N–H and O–H groups in total. The minimum Gasteiger partial charge on any atom is -0.398 e. The zero-order valence-electron chi connectivity index (χ0n) is 11.2. The van der Waals surface area contributed by atoms with Crippen molar-refractivity contribution in [3.63, 3.8) is 0 Å². The fraction of sp³-hybridized carbons (Fsp3) is 0.267. The number of rotatable bonds is 5. The predicted molar refractivity (Wildman–Crippen MR) is 88.0 cm³/mol. The Kier molecular flexibility index (Phi) is 5.20. The summed E-state index contributed by atoms with van der Waals surface area (Å²) in [7, 11) is 0. The Labute approximate surface area is 131 Å². The monoisotopic (exact) mass is 352 g/mol. The lowest BCUT2D eigenvalue weighted by molar-refractivity contribution is 0.0936. The van der Waals surface area contributed by atoms with Crippen LogP contribution in [0, 0.1) is 0 Å². The predicted octanol–water partition coefficient (Wildman–Crippen LogP) is 4.36. The molecule has 0 aliphatic carbocycles. The first-order valence-corrected chi connectivity index (χ1v) is 8.18. The molecule has 0 fully saturated rings. The number of thiophene rings is 1. The van der Waals surface area contributed by atoms with E-state index in [-0.39, 0.29) is 11.9 Å². The second kappa shape index (κ2) is 6.90. The summed E-state index contributed by atoms with van der Waals surface area (Å²) >= 11 is 5.00. The number of carbonyl (C=O) groups is 1. The van der Waals surface area contributed by atoms with Crippen LogP contribution in [0.15, 0.2) is 40.2 Å². The van der Waals surface area contributed by atoms with Gasteiger partial charge in [-0.1, -0.05) is 35.3 Å². The number of carbonyl (C=O) groups excluding carboxylic acids is 1. The van der Waals surface area contributed by atoms with Crippen molar-refractivity contribution in [2.45, 2.75) is 25.8 Å². The van der Waals surface area contributed by atoms with Crippen LogP contribution in [0.5, 0.6) is 0 Å². The number of halogens is 1. The van der Waals surface area contributed by atoms with Crippen molar-refractivity contribution in [1.82, 2.24) is 5.32 Å². The Balaban J connectivity index is 2.16. The Morgan fingerprint density at radius 2 is 2.25 bits per heavy atom. The highest BCUT2D eigenvalue weighted by Gasteiger charge is 2.17. The standard InChI is InChI=1S/C15H17BrN2OS/c1-2-4-13(14-5-3-8-20-14)18-15(19)11-7-6-10(16)9-12(11)17/h3,5-9,13H,2,4,17H2,1H3,(H,18,19). The van der Waals surface area contributed by atoms with Gasteiger partial charge in [-0.05, 0) is 36.1 Å². The van der Waals surface area contributed by atoms with E-state index in [0.29, 0.717) is 11.3 Å². The fourth-order valence-electron chi connectivity index (χ4n) is 2.04. The molecule has 0 aliphatic heterocycles. The Hall–Kier alpha value is -1.33. The zero-order valence-corrected chi connectivity index (χ0v) is 13.6. The van der Waals surface area contributed by atoms with Gasteiger partial charge in [-0.15, -0.1) is 11.3 Å². The number of hydrogen-bond donors (Lipinski definition) is 2. The molecule has 2 rings (SSSR count). The Bertz CT molecular complexity index is 584. The average Bonchev–Trinajstić information content (AvgIpc) is 2.91. The van der Waals surface area contributed by atoms with Crippen molar-refractivity contribution in [3.8, 4) is 0 Å². The topological polar surface area (TPSA) is 55.1 Å². The van der Waals surface area contributed by atoms with Crippen molar-refractivity contribution in [2.75, 3.05) is 5.73 Å². The molecule has 0 spiro atoms. The van der Waals surface area contributed by atoms with E-state index in [1.54, 1.807) is 23.5 Å². The summed E-state index contributed by atoms with van der Waals surface area (Å²) in [5.74, 6) is -0.123. The van der Waals surface area contributed by atoms with Crippen LogP contribution >= 0.6 is 27.3 Å². The number of nitrogen functional groups attached to an aromatic ring is 1. The van der Waals surface area contributed by atoms with Gasteiger partial charge in [0.1, 0.15) is 0 Å². The maximum absolute atomic E-state index is 12.4. The first-order chi connectivity index (χ1) is 9.61. The quantitative estimate of drug-likeness (QED) is 0.785. The lowest BCUT2D eigenvalue weighted by atomic mass is 10.1. The van der Waals surface area contributed by atoms with Gasteiger partial charge < -0.3 is 11.1 Å². The molecular weight excluding hydrogens is 336 g/mol. The number of benzene rings is 1. The van der Waals surface area contributed by atoms with Crippen LogP contribution < -0.4 is 11.1 Å². The summed E-state index contributed by atoms with van der Waals surface area (Å²) in [5, 5.41) is 5.10. The SMILES string of the molecule is CCCC(NC(=O)c1ccc(Br)cc1N)c1cccs1. The van der Waals surface area contributed by atoms with E-state index in [0.717, 1.165) is 17.3 Å². The number of hydrogen-bond acceptors (Lipinski definition) is 3. The molecular formula is C15H17BrN2OS. The second-order valence-corrected chi connectivity index (χ2v) is 6.46. The summed E-state index contributed by atoms with van der Waals surface area (Å²) in [6.07, 6.45) is 1.93. The molecule has 1 aromatic carbocycles. The molecule has 0 saturated carbocycles. The van der Waals surface area contributed by atoms with Crippen molar-refractivity contribution < 1.29 is 4.79 Å². The largest absolute Gasteiger partial charge is 0.398 e. The Morgan fingerprint density at radius 1 is 1.45 bits per heavy atom. The summed E-state index contributed by atoms with van der Waals surface area (Å²) in [5.41, 5.74) is 6.91. The summed E-state index contributed by atoms with van der Waals surface area (Å²) in [6.45, 7) is 2.11. The van der Waals surface area contributed by atoms with Crippen LogP contribution in [0.4, 0.5) is 5.69 Å². The second-order valence-electron chi connectivity index (χ2n) is 4.56. The molecule has 20 heavy (non-hydrogen) atoms. The molecule has 5 heteroatoms. The van der Waals surface area contributed by atoms with Gasteiger partial charge in [0, 0.05) is 15.0 Å². The Morgan fingerprint density at radius 3 is 2.85 bits per heavy atom. The van der Waals surface area contributed by atoms with Crippen molar-refractivity contribution in [3.05, 3.63) is 50.6 Å². The van der Waals surface area contributed by atoms with Gasteiger partial charge in [0.2, 0.25) is 0 Å². The highest BCUT2D eigenvalue weighted by atomic mass is 79.9. The van der Waals surface area contributed by atoms with Gasteiger partial charge in [0.15, 0.2) is 0 Å². The molecule has 0 aliphatic rings. The van der Waals surface area contributed by atoms with E-state index >= 15 is 0 Å². The third-order valence-electron chi connectivity index (χ3n) is 3.03. The van der Waals surface area contributed by atoms with Crippen LogP contribution in [-0.4, -0.2) is 5.91 Å². The van der Waals surface area contributed by atoms with Crippen LogP contribution in [0.2, 0.25) is 0 Å². The third kappa shape index (κ3) is 3.61. The molecule has 0 radical (unpaired) electrons. The average molecular weight is 353 g/mol. The van der Waals surface area contributed by atoms with Gasteiger partial charge >= 0.3 is 0 Å². The summed E-state index contributed by atoms with van der Waals surface area (Å²) < 4.78 is 0.870. The number of anilines is 1. The number of nitrogens with one attached hydrogen (secondary N) is 1. The van der Waals surface area contributed by atoms with Gasteiger partial charge in [0.25, 0.3) is 5.91 Å². The third-order valence-corrected chi connectivity index (χ3v) is 4.51. The minimum absolute atomic E-state index is 0.0514. The molecule has 0 bridgehead atoms. The smallest absolute Gasteiger partial charge is 0.253 e.